The van der Waals surface area contributed by atoms with E-state index in [1.807, 2.05) is 0 Å². The molecule has 0 bridgehead atoms. The van der Waals surface area contributed by atoms with Gasteiger partial charge in [0.25, 0.3) is 5.91 Å². The van der Waals surface area contributed by atoms with Crippen LogP contribution in [0.3, 0.4) is 0 Å². The number of ether oxygens (including phenoxy) is 1. The molecule has 2 heterocycles. The van der Waals surface area contributed by atoms with Gasteiger partial charge >= 0.3 is 5.97 Å². The smallest absolute Gasteiger partial charge is 0.355 e. The van der Waals surface area contributed by atoms with Crippen LogP contribution in [-0.4, -0.2) is 41.8 Å². The minimum Gasteiger partial charge on any atom is -0.464 e. The Bertz CT molecular complexity index is 808. The monoisotopic (exact) mass is 350 g/mol. The number of carbonyl (C=O) groups excluding carboxylic acids is 3. The van der Waals surface area contributed by atoms with Crippen LogP contribution in [0.1, 0.15) is 5.56 Å². The van der Waals surface area contributed by atoms with Gasteiger partial charge in [-0.15, -0.1) is 15.1 Å². The normalized spacial score (nSPS) is 22.5. The summed E-state index contributed by atoms with van der Waals surface area (Å²) in [5, 5.41) is 7.12. The van der Waals surface area contributed by atoms with Crippen LogP contribution in [0.25, 0.3) is 0 Å². The number of nitroso groups, excluding NO2 is 1. The van der Waals surface area contributed by atoms with E-state index in [1.165, 1.54) is 6.07 Å². The largest absolute Gasteiger partial charge is 0.464 e. The quantitative estimate of drug-likeness (QED) is 0.457. The number of fused-ring (bicyclic) bond motifs is 1. The van der Waals surface area contributed by atoms with Crippen molar-refractivity contribution in [1.29, 1.82) is 0 Å². The summed E-state index contributed by atoms with van der Waals surface area (Å²) in [6.45, 7) is 1.77. The molecule has 1 fully saturated rings. The number of anilines is 1. The van der Waals surface area contributed by atoms with Crippen LogP contribution in [0.4, 0.5) is 5.69 Å². The predicted octanol–water partition coefficient (Wildman–Crippen LogP) is 1.03. The molecule has 2 amide bonds. The van der Waals surface area contributed by atoms with Crippen LogP contribution in [0, 0.1) is 17.7 Å². The van der Waals surface area contributed by atoms with Crippen LogP contribution < -0.4 is 4.90 Å². The maximum Gasteiger partial charge on any atom is 0.355 e. The Balaban J connectivity index is 2.05. The number of methoxy groups -OCH3 is 1. The fourth-order valence-electron chi connectivity index (χ4n) is 2.71. The van der Waals surface area contributed by atoms with Crippen molar-refractivity contribution in [3.05, 3.63) is 33.7 Å². The third-order valence-electron chi connectivity index (χ3n) is 3.92. The van der Waals surface area contributed by atoms with E-state index in [1.54, 1.807) is 19.1 Å². The molecular formula is C14H11ClN4O5. The van der Waals surface area contributed by atoms with Crippen molar-refractivity contribution in [3.8, 4) is 0 Å². The van der Waals surface area contributed by atoms with Crippen molar-refractivity contribution in [1.82, 2.24) is 5.12 Å². The second-order valence-corrected chi connectivity index (χ2v) is 5.65. The van der Waals surface area contributed by atoms with Gasteiger partial charge < -0.3 is 4.74 Å². The number of imide groups is 1. The fraction of sp³-hybridized carbons (Fsp3) is 0.286. The van der Waals surface area contributed by atoms with Crippen molar-refractivity contribution >= 4 is 40.8 Å². The van der Waals surface area contributed by atoms with Gasteiger partial charge in [-0.1, -0.05) is 17.7 Å². The first-order chi connectivity index (χ1) is 11.4. The number of hydrazone groups is 1. The van der Waals surface area contributed by atoms with Crippen molar-refractivity contribution < 1.29 is 19.1 Å². The SMILES string of the molecule is COC(=O)C1=NN(N=O)C2C(=O)N(c3ccc(C)c(Cl)c3)C(=O)C12. The van der Waals surface area contributed by atoms with Crippen molar-refractivity contribution in [2.75, 3.05) is 12.0 Å². The molecule has 24 heavy (non-hydrogen) atoms. The third kappa shape index (κ3) is 2.16. The molecule has 0 radical (unpaired) electrons. The van der Waals surface area contributed by atoms with Crippen molar-refractivity contribution in [3.63, 3.8) is 0 Å². The van der Waals surface area contributed by atoms with Gasteiger partial charge in [-0.05, 0) is 24.6 Å². The maximum absolute atomic E-state index is 12.7. The topological polar surface area (TPSA) is 109 Å². The molecule has 124 valence electrons. The Morgan fingerprint density at radius 1 is 1.33 bits per heavy atom. The molecule has 0 aliphatic carbocycles. The molecule has 0 aromatic heterocycles. The standard InChI is InChI=1S/C14H11ClN4O5/c1-6-3-4-7(5-8(6)15)18-12(20)9-10(14(22)24-2)16-19(17-23)11(9)13(18)21/h3-5,9,11H,1-2H3. The first kappa shape index (κ1) is 16.1. The molecule has 2 atom stereocenters. The second kappa shape index (κ2) is 5.68. The number of hydrogen-bond donors (Lipinski definition) is 0. The summed E-state index contributed by atoms with van der Waals surface area (Å²) < 4.78 is 4.55. The van der Waals surface area contributed by atoms with E-state index in [9.17, 15) is 19.3 Å². The Morgan fingerprint density at radius 2 is 2.04 bits per heavy atom. The molecule has 0 N–H and O–H groups in total. The summed E-state index contributed by atoms with van der Waals surface area (Å²) in [5.41, 5.74) is 0.680. The average Bonchev–Trinajstić information content (AvgIpc) is 3.07. The molecule has 10 heteroatoms. The Kier molecular flexibility index (Phi) is 3.80. The van der Waals surface area contributed by atoms with Crippen LogP contribution in [0.5, 0.6) is 0 Å². The number of nitrogens with zero attached hydrogens (tertiary/aromatic N) is 4. The van der Waals surface area contributed by atoms with Crippen LogP contribution in [0.2, 0.25) is 5.02 Å². The lowest BCUT2D eigenvalue weighted by Crippen LogP contribution is -2.36. The molecule has 2 aliphatic heterocycles. The van der Waals surface area contributed by atoms with Gasteiger partial charge in [0.15, 0.2) is 11.8 Å². The molecule has 0 spiro atoms. The number of benzene rings is 1. The molecule has 3 rings (SSSR count). The van der Waals surface area contributed by atoms with Gasteiger partial charge in [-0.2, -0.15) is 0 Å². The lowest BCUT2D eigenvalue weighted by molar-refractivity contribution is -0.133. The van der Waals surface area contributed by atoms with Crippen LogP contribution in [0.15, 0.2) is 28.6 Å². The van der Waals surface area contributed by atoms with E-state index in [0.717, 1.165) is 17.6 Å². The van der Waals surface area contributed by atoms with Gasteiger partial charge in [-0.25, -0.2) is 9.69 Å². The molecule has 1 aromatic carbocycles. The highest BCUT2D eigenvalue weighted by Gasteiger charge is 2.59. The molecular weight excluding hydrogens is 340 g/mol. The maximum atomic E-state index is 12.7. The molecule has 9 nitrogen and oxygen atoms in total. The second-order valence-electron chi connectivity index (χ2n) is 5.25. The van der Waals surface area contributed by atoms with E-state index in [2.05, 4.69) is 15.1 Å². The van der Waals surface area contributed by atoms with Gasteiger partial charge in [0.1, 0.15) is 5.92 Å². The number of aryl methyl sites for hydroxylation is 1. The van der Waals surface area contributed by atoms with E-state index in [4.69, 9.17) is 11.6 Å². The molecule has 1 saturated heterocycles. The highest BCUT2D eigenvalue weighted by atomic mass is 35.5. The minimum absolute atomic E-state index is 0.241. The molecule has 2 unspecified atom stereocenters. The van der Waals surface area contributed by atoms with Crippen molar-refractivity contribution in [2.45, 2.75) is 13.0 Å². The lowest BCUT2D eigenvalue weighted by Gasteiger charge is -2.17. The third-order valence-corrected chi connectivity index (χ3v) is 4.33. The summed E-state index contributed by atoms with van der Waals surface area (Å²) in [7, 11) is 1.11. The van der Waals surface area contributed by atoms with Gasteiger partial charge in [0.05, 0.1) is 18.1 Å². The predicted molar refractivity (Wildman–Crippen MR) is 83.0 cm³/mol. The zero-order valence-electron chi connectivity index (χ0n) is 12.6. The Labute approximate surface area is 140 Å². The minimum atomic E-state index is -1.30. The first-order valence-electron chi connectivity index (χ1n) is 6.84. The van der Waals surface area contributed by atoms with Gasteiger partial charge in [-0.3, -0.25) is 9.59 Å². The van der Waals surface area contributed by atoms with Crippen molar-refractivity contribution in [2.24, 2.45) is 16.3 Å². The number of rotatable bonds is 3. The number of halogens is 1. The van der Waals surface area contributed by atoms with Crippen LogP contribution in [-0.2, 0) is 19.1 Å². The molecule has 1 aromatic rings. The van der Waals surface area contributed by atoms with E-state index in [-0.39, 0.29) is 11.4 Å². The average molecular weight is 351 g/mol. The Hall–Kier alpha value is -2.81. The first-order valence-corrected chi connectivity index (χ1v) is 7.21. The van der Waals surface area contributed by atoms with Gasteiger partial charge in [0.2, 0.25) is 5.91 Å². The lowest BCUT2D eigenvalue weighted by atomic mass is 9.98. The summed E-state index contributed by atoms with van der Waals surface area (Å²) in [4.78, 5) is 48.9. The number of carbonyl (C=O) groups is 3. The number of hydrogen-bond acceptors (Lipinski definition) is 7. The number of amides is 2. The van der Waals surface area contributed by atoms with Crippen LogP contribution >= 0.6 is 11.6 Å². The van der Waals surface area contributed by atoms with Gasteiger partial charge in [0, 0.05) is 5.02 Å². The summed E-state index contributed by atoms with van der Waals surface area (Å²) >= 11 is 6.04. The van der Waals surface area contributed by atoms with E-state index >= 15 is 0 Å². The van der Waals surface area contributed by atoms with E-state index in [0.29, 0.717) is 10.1 Å². The zero-order chi connectivity index (χ0) is 17.6. The molecule has 2 aliphatic rings. The number of esters is 1. The molecule has 0 saturated carbocycles. The zero-order valence-corrected chi connectivity index (χ0v) is 13.4. The summed E-state index contributed by atoms with van der Waals surface area (Å²) in [6, 6.07) is 3.36. The highest BCUT2D eigenvalue weighted by Crippen LogP contribution is 2.36. The fourth-order valence-corrected chi connectivity index (χ4v) is 2.88. The highest BCUT2D eigenvalue weighted by molar-refractivity contribution is 6.46. The van der Waals surface area contributed by atoms with E-state index < -0.39 is 29.7 Å². The Morgan fingerprint density at radius 3 is 2.62 bits per heavy atom. The summed E-state index contributed by atoms with van der Waals surface area (Å²) in [5.74, 6) is -3.56. The summed E-state index contributed by atoms with van der Waals surface area (Å²) in [6.07, 6.45) is 0.